The monoisotopic (exact) mass is 515 g/mol. The number of hydrogen-bond acceptors (Lipinski definition) is 5. The van der Waals surface area contributed by atoms with E-state index in [9.17, 15) is 9.90 Å². The molecule has 1 aliphatic heterocycles. The predicted octanol–water partition coefficient (Wildman–Crippen LogP) is 6.89. The van der Waals surface area contributed by atoms with Crippen molar-refractivity contribution in [2.45, 2.75) is 79.8 Å². The van der Waals surface area contributed by atoms with Gasteiger partial charge in [0, 0.05) is 18.7 Å². The predicted molar refractivity (Wildman–Crippen MR) is 153 cm³/mol. The molecule has 0 unspecified atom stereocenters. The Kier molecular flexibility index (Phi) is 8.70. The fourth-order valence-corrected chi connectivity index (χ4v) is 5.31. The van der Waals surface area contributed by atoms with Gasteiger partial charge in [-0.05, 0) is 73.8 Å². The van der Waals surface area contributed by atoms with Gasteiger partial charge in [-0.3, -0.25) is 4.79 Å². The highest BCUT2D eigenvalue weighted by atomic mass is 16.5. The highest BCUT2D eigenvalue weighted by Crippen LogP contribution is 2.33. The Labute approximate surface area is 227 Å². The van der Waals surface area contributed by atoms with Crippen LogP contribution in [0.1, 0.15) is 80.0 Å². The molecule has 0 saturated carbocycles. The second-order valence-electron chi connectivity index (χ2n) is 10.7. The molecule has 6 nitrogen and oxygen atoms in total. The molecule has 2 heterocycles. The lowest BCUT2D eigenvalue weighted by Gasteiger charge is -2.33. The highest BCUT2D eigenvalue weighted by molar-refractivity contribution is 5.72. The van der Waals surface area contributed by atoms with E-state index in [0.29, 0.717) is 31.3 Å². The van der Waals surface area contributed by atoms with Crippen molar-refractivity contribution in [3.63, 3.8) is 0 Å². The number of rotatable bonds is 9. The number of carbonyl (C=O) groups is 1. The van der Waals surface area contributed by atoms with Crippen LogP contribution in [0.2, 0.25) is 0 Å². The van der Waals surface area contributed by atoms with Crippen LogP contribution in [0.4, 0.5) is 5.82 Å². The number of benzene rings is 2. The number of aliphatic carboxylic acids is 1. The first-order valence-electron chi connectivity index (χ1n) is 13.9. The third-order valence-corrected chi connectivity index (χ3v) is 7.74. The van der Waals surface area contributed by atoms with Crippen LogP contribution in [0.15, 0.2) is 36.4 Å². The molecule has 3 aromatic rings. The number of aryl methyl sites for hydroxylation is 4. The Balaban J connectivity index is 1.80. The van der Waals surface area contributed by atoms with Gasteiger partial charge in [0.25, 0.3) is 0 Å². The van der Waals surface area contributed by atoms with E-state index in [-0.39, 0.29) is 0 Å². The largest absolute Gasteiger partial charge is 0.488 e. The van der Waals surface area contributed by atoms with Crippen LogP contribution >= 0.6 is 0 Å². The normalized spacial score (nSPS) is 15.7. The van der Waals surface area contributed by atoms with Crippen LogP contribution in [0.3, 0.4) is 0 Å². The van der Waals surface area contributed by atoms with Gasteiger partial charge >= 0.3 is 5.97 Å². The number of carboxylic acids is 1. The molecule has 0 bridgehead atoms. The first kappa shape index (κ1) is 27.6. The molecule has 1 saturated heterocycles. The molecule has 1 aliphatic rings. The summed E-state index contributed by atoms with van der Waals surface area (Å²) in [5.74, 6) is 1.62. The minimum atomic E-state index is -0.746. The van der Waals surface area contributed by atoms with Crippen molar-refractivity contribution in [1.82, 2.24) is 9.97 Å². The Hall–Kier alpha value is -3.41. The minimum absolute atomic E-state index is 0.328. The Morgan fingerprint density at radius 2 is 1.82 bits per heavy atom. The molecule has 4 rings (SSSR count). The molecule has 1 atom stereocenters. The molecule has 2 aromatic carbocycles. The maximum absolute atomic E-state index is 11.9. The van der Waals surface area contributed by atoms with E-state index >= 15 is 0 Å². The van der Waals surface area contributed by atoms with Crippen LogP contribution in [0, 0.1) is 19.8 Å². The van der Waals surface area contributed by atoms with Gasteiger partial charge in [-0.1, -0.05) is 58.0 Å². The standard InChI is InChI=1S/C32H41N3O3/c1-7-23-11-9-12-24(8-2)29(23)30-33-22(6)27(19-38-28-17-25(20(3)4)15-14-21(28)5)31(34-30)35-16-10-13-26(18-35)32(36)37/h9,11-12,14-15,17,20,26H,7-8,10,13,16,18-19H2,1-6H3,(H,36,37)/t26-/m1/s1. The van der Waals surface area contributed by atoms with Crippen molar-refractivity contribution < 1.29 is 14.6 Å². The number of aromatic nitrogens is 2. The van der Waals surface area contributed by atoms with Gasteiger partial charge in [-0.25, -0.2) is 9.97 Å². The quantitative estimate of drug-likeness (QED) is 0.334. The number of anilines is 1. The smallest absolute Gasteiger partial charge is 0.308 e. The molecular formula is C32H41N3O3. The van der Waals surface area contributed by atoms with Gasteiger partial charge in [-0.2, -0.15) is 0 Å². The van der Waals surface area contributed by atoms with Crippen molar-refractivity contribution in [2.24, 2.45) is 5.92 Å². The fraction of sp³-hybridized carbons (Fsp3) is 0.469. The van der Waals surface area contributed by atoms with Crippen LogP contribution < -0.4 is 9.64 Å². The maximum Gasteiger partial charge on any atom is 0.308 e. The Morgan fingerprint density at radius 3 is 2.45 bits per heavy atom. The van der Waals surface area contributed by atoms with Gasteiger partial charge in [-0.15, -0.1) is 0 Å². The number of piperidine rings is 1. The molecule has 6 heteroatoms. The summed E-state index contributed by atoms with van der Waals surface area (Å²) in [6, 6.07) is 12.8. The van der Waals surface area contributed by atoms with Crippen LogP contribution in [-0.2, 0) is 24.2 Å². The molecule has 38 heavy (non-hydrogen) atoms. The first-order chi connectivity index (χ1) is 18.2. The summed E-state index contributed by atoms with van der Waals surface area (Å²) in [6.07, 6.45) is 3.29. The Morgan fingerprint density at radius 1 is 1.11 bits per heavy atom. The highest BCUT2D eigenvalue weighted by Gasteiger charge is 2.29. The van der Waals surface area contributed by atoms with E-state index < -0.39 is 11.9 Å². The zero-order valence-electron chi connectivity index (χ0n) is 23.7. The molecule has 1 aromatic heterocycles. The molecule has 0 spiro atoms. The van der Waals surface area contributed by atoms with E-state index in [4.69, 9.17) is 14.7 Å². The first-order valence-corrected chi connectivity index (χ1v) is 13.9. The SMILES string of the molecule is CCc1cccc(CC)c1-c1nc(C)c(COc2cc(C(C)C)ccc2C)c(N2CCC[C@@H](C(=O)O)C2)n1. The zero-order chi connectivity index (χ0) is 27.4. The van der Waals surface area contributed by atoms with Crippen LogP contribution in [-0.4, -0.2) is 34.1 Å². The number of ether oxygens (including phenoxy) is 1. The molecular weight excluding hydrogens is 474 g/mol. The van der Waals surface area contributed by atoms with E-state index in [1.54, 1.807) is 0 Å². The summed E-state index contributed by atoms with van der Waals surface area (Å²) in [7, 11) is 0. The second-order valence-corrected chi connectivity index (χ2v) is 10.7. The molecule has 0 amide bonds. The topological polar surface area (TPSA) is 75.5 Å². The summed E-state index contributed by atoms with van der Waals surface area (Å²) in [5, 5.41) is 9.77. The Bertz CT molecular complexity index is 1280. The minimum Gasteiger partial charge on any atom is -0.488 e. The van der Waals surface area contributed by atoms with Crippen molar-refractivity contribution in [3.8, 4) is 17.1 Å². The lowest BCUT2D eigenvalue weighted by Crippen LogP contribution is -2.40. The van der Waals surface area contributed by atoms with Crippen molar-refractivity contribution in [3.05, 3.63) is 69.9 Å². The molecule has 202 valence electrons. The fourth-order valence-electron chi connectivity index (χ4n) is 5.31. The van der Waals surface area contributed by atoms with Crippen LogP contribution in [0.25, 0.3) is 11.4 Å². The van der Waals surface area contributed by atoms with Crippen molar-refractivity contribution in [2.75, 3.05) is 18.0 Å². The summed E-state index contributed by atoms with van der Waals surface area (Å²) < 4.78 is 6.41. The molecule has 1 N–H and O–H groups in total. The van der Waals surface area contributed by atoms with E-state index in [1.807, 2.05) is 6.92 Å². The van der Waals surface area contributed by atoms with Gasteiger partial charge in [0.05, 0.1) is 17.2 Å². The zero-order valence-corrected chi connectivity index (χ0v) is 23.7. The van der Waals surface area contributed by atoms with Gasteiger partial charge in [0.2, 0.25) is 0 Å². The third-order valence-electron chi connectivity index (χ3n) is 7.74. The average Bonchev–Trinajstić information content (AvgIpc) is 2.92. The number of hydrogen-bond donors (Lipinski definition) is 1. The van der Waals surface area contributed by atoms with E-state index in [0.717, 1.165) is 59.8 Å². The van der Waals surface area contributed by atoms with Gasteiger partial charge < -0.3 is 14.7 Å². The average molecular weight is 516 g/mol. The van der Waals surface area contributed by atoms with Crippen molar-refractivity contribution in [1.29, 1.82) is 0 Å². The van der Waals surface area contributed by atoms with Crippen LogP contribution in [0.5, 0.6) is 5.75 Å². The van der Waals surface area contributed by atoms with E-state index in [2.05, 4.69) is 75.9 Å². The van der Waals surface area contributed by atoms with Gasteiger partial charge in [0.1, 0.15) is 18.2 Å². The summed E-state index contributed by atoms with van der Waals surface area (Å²) in [4.78, 5) is 24.2. The number of carboxylic acid groups (broad SMARTS) is 1. The van der Waals surface area contributed by atoms with Gasteiger partial charge in [0.15, 0.2) is 5.82 Å². The molecule has 0 radical (unpaired) electrons. The summed E-state index contributed by atoms with van der Waals surface area (Å²) >= 11 is 0. The number of nitrogens with zero attached hydrogens (tertiary/aromatic N) is 3. The van der Waals surface area contributed by atoms with E-state index in [1.165, 1.54) is 16.7 Å². The molecule has 0 aliphatic carbocycles. The lowest BCUT2D eigenvalue weighted by molar-refractivity contribution is -0.141. The maximum atomic E-state index is 11.9. The summed E-state index contributed by atoms with van der Waals surface area (Å²) in [6.45, 7) is 14.3. The third kappa shape index (κ3) is 5.85. The summed E-state index contributed by atoms with van der Waals surface area (Å²) in [5.41, 5.74) is 7.65. The van der Waals surface area contributed by atoms with Crippen molar-refractivity contribution >= 4 is 11.8 Å². The molecule has 1 fully saturated rings. The lowest BCUT2D eigenvalue weighted by atomic mass is 9.96. The second kappa shape index (κ2) is 12.0.